The predicted molar refractivity (Wildman–Crippen MR) is 154 cm³/mol. The van der Waals surface area contributed by atoms with Crippen molar-refractivity contribution in [3.63, 3.8) is 0 Å². The number of methoxy groups -OCH3 is 1. The van der Waals surface area contributed by atoms with E-state index < -0.39 is 5.97 Å². The topological polar surface area (TPSA) is 102 Å². The highest BCUT2D eigenvalue weighted by Gasteiger charge is 2.35. The molecule has 0 radical (unpaired) electrons. The van der Waals surface area contributed by atoms with Crippen molar-refractivity contribution in [3.8, 4) is 17.1 Å². The minimum atomic E-state index is -0.635. The van der Waals surface area contributed by atoms with Crippen LogP contribution < -0.4 is 10.2 Å². The molecule has 40 heavy (non-hydrogen) atoms. The number of carbonyl (C=O) groups is 2. The maximum Gasteiger partial charge on any atom is 0.343 e. The van der Waals surface area contributed by atoms with E-state index in [0.29, 0.717) is 26.2 Å². The van der Waals surface area contributed by atoms with E-state index in [0.717, 1.165) is 66.6 Å². The first-order valence-electron chi connectivity index (χ1n) is 14.3. The average Bonchev–Trinajstić information content (AvgIpc) is 3.30. The summed E-state index contributed by atoms with van der Waals surface area (Å²) in [5.74, 6) is -0.0213. The Morgan fingerprint density at radius 2 is 1.80 bits per heavy atom. The summed E-state index contributed by atoms with van der Waals surface area (Å²) in [6.45, 7) is 9.87. The van der Waals surface area contributed by atoms with Gasteiger partial charge in [0.25, 0.3) is 0 Å². The second-order valence-corrected chi connectivity index (χ2v) is 11.4. The fourth-order valence-corrected chi connectivity index (χ4v) is 5.34. The van der Waals surface area contributed by atoms with Crippen LogP contribution >= 0.6 is 0 Å². The van der Waals surface area contributed by atoms with Crippen LogP contribution in [0.4, 0.5) is 0 Å². The summed E-state index contributed by atoms with van der Waals surface area (Å²) in [7, 11) is 1.28. The highest BCUT2D eigenvalue weighted by atomic mass is 16.5. The number of ether oxygens (including phenoxy) is 3. The van der Waals surface area contributed by atoms with E-state index in [-0.39, 0.29) is 28.4 Å². The van der Waals surface area contributed by atoms with Crippen molar-refractivity contribution >= 4 is 22.8 Å². The normalized spacial score (nSPS) is 14.5. The number of rotatable bonds is 12. The van der Waals surface area contributed by atoms with Gasteiger partial charge < -0.3 is 18.8 Å². The molecule has 9 heteroatoms. The van der Waals surface area contributed by atoms with Crippen LogP contribution in [0.5, 0.6) is 5.75 Å². The molecule has 0 saturated heterocycles. The van der Waals surface area contributed by atoms with E-state index in [1.165, 1.54) is 13.2 Å². The Bertz CT molecular complexity index is 1410. The van der Waals surface area contributed by atoms with Gasteiger partial charge in [-0.3, -0.25) is 14.3 Å². The molecule has 1 atom stereocenters. The van der Waals surface area contributed by atoms with E-state index >= 15 is 0 Å². The number of benzene rings is 1. The lowest BCUT2D eigenvalue weighted by Gasteiger charge is -2.38. The molecule has 0 N–H and O–H groups in total. The molecule has 1 aliphatic rings. The van der Waals surface area contributed by atoms with Crippen LogP contribution in [0, 0.1) is 5.41 Å². The number of unbranched alkanes of at least 4 members (excludes halogenated alkanes) is 5. The number of aromatic nitrogens is 3. The van der Waals surface area contributed by atoms with Gasteiger partial charge in [-0.1, -0.05) is 58.6 Å². The lowest BCUT2D eigenvalue weighted by Crippen LogP contribution is -2.35. The van der Waals surface area contributed by atoms with Crippen molar-refractivity contribution in [1.29, 1.82) is 0 Å². The SMILES string of the molecule is CCOC(=O)CCCCCCCCOc1cccc2c3n(nc12)C[C@@H](C(C)(C)C)n1cc(C(=O)OC)c(=O)cc1-3. The molecule has 1 aromatic carbocycles. The molecule has 2 aromatic heterocycles. The highest BCUT2D eigenvalue weighted by Crippen LogP contribution is 2.43. The summed E-state index contributed by atoms with van der Waals surface area (Å²) < 4.78 is 20.0. The molecule has 0 amide bonds. The van der Waals surface area contributed by atoms with Crippen LogP contribution in [-0.2, 0) is 20.8 Å². The average molecular weight is 552 g/mol. The molecular formula is C31H41N3O6. The molecule has 9 nitrogen and oxygen atoms in total. The zero-order chi connectivity index (χ0) is 28.9. The first-order valence-corrected chi connectivity index (χ1v) is 14.3. The Hall–Kier alpha value is -3.62. The standard InChI is InChI=1S/C31H41N3O6/c1-6-39-27(36)16-11-9-7-8-10-12-17-40-25-15-13-14-21-28(25)32-34-20-26(31(2,3)4)33-19-22(30(37)38-5)24(35)18-23(33)29(21)34/h13-15,18-19,26H,6-12,16-17,20H2,1-5H3/t26-/m0/s1. The Morgan fingerprint density at radius 1 is 1.07 bits per heavy atom. The second kappa shape index (κ2) is 12.7. The van der Waals surface area contributed by atoms with Gasteiger partial charge in [0.15, 0.2) is 5.43 Å². The lowest BCUT2D eigenvalue weighted by molar-refractivity contribution is -0.143. The van der Waals surface area contributed by atoms with Crippen LogP contribution in [-0.4, -0.2) is 46.6 Å². The van der Waals surface area contributed by atoms with Gasteiger partial charge in [-0.25, -0.2) is 4.79 Å². The monoisotopic (exact) mass is 551 g/mol. The molecular weight excluding hydrogens is 510 g/mol. The van der Waals surface area contributed by atoms with Crippen LogP contribution in [0.2, 0.25) is 0 Å². The molecule has 1 aliphatic heterocycles. The smallest absolute Gasteiger partial charge is 0.343 e. The van der Waals surface area contributed by atoms with Gasteiger partial charge in [0, 0.05) is 24.1 Å². The van der Waals surface area contributed by atoms with Gasteiger partial charge in [0.2, 0.25) is 0 Å². The largest absolute Gasteiger partial charge is 0.491 e. The summed E-state index contributed by atoms with van der Waals surface area (Å²) in [6.07, 6.45) is 8.22. The number of carbonyl (C=O) groups excluding carboxylic acids is 2. The highest BCUT2D eigenvalue weighted by molar-refractivity contribution is 5.97. The van der Waals surface area contributed by atoms with Crippen LogP contribution in [0.1, 0.15) is 89.0 Å². The van der Waals surface area contributed by atoms with Crippen molar-refractivity contribution in [2.45, 2.75) is 85.2 Å². The zero-order valence-corrected chi connectivity index (χ0v) is 24.3. The Labute approximate surface area is 235 Å². The zero-order valence-electron chi connectivity index (χ0n) is 24.3. The third-order valence-electron chi connectivity index (χ3n) is 7.48. The van der Waals surface area contributed by atoms with Crippen molar-refractivity contribution < 1.29 is 23.8 Å². The molecule has 3 aromatic rings. The van der Waals surface area contributed by atoms with Crippen molar-refractivity contribution in [2.24, 2.45) is 5.41 Å². The lowest BCUT2D eigenvalue weighted by atomic mass is 9.85. The predicted octanol–water partition coefficient (Wildman–Crippen LogP) is 5.93. The molecule has 0 fully saturated rings. The molecule has 4 rings (SSSR count). The third-order valence-corrected chi connectivity index (χ3v) is 7.48. The molecule has 0 spiro atoms. The summed E-state index contributed by atoms with van der Waals surface area (Å²) >= 11 is 0. The molecule has 0 bridgehead atoms. The van der Waals surface area contributed by atoms with Crippen LogP contribution in [0.15, 0.2) is 35.3 Å². The summed E-state index contributed by atoms with van der Waals surface area (Å²) in [4.78, 5) is 36.7. The van der Waals surface area contributed by atoms with Gasteiger partial charge in [-0.15, -0.1) is 0 Å². The van der Waals surface area contributed by atoms with E-state index in [4.69, 9.17) is 19.3 Å². The minimum absolute atomic E-state index is 0.0285. The quantitative estimate of drug-likeness (QED) is 0.203. The van der Waals surface area contributed by atoms with Crippen molar-refractivity contribution in [3.05, 3.63) is 46.2 Å². The van der Waals surface area contributed by atoms with E-state index in [1.807, 2.05) is 34.4 Å². The van der Waals surface area contributed by atoms with Gasteiger partial charge in [-0.05, 0) is 31.2 Å². The third kappa shape index (κ3) is 6.40. The minimum Gasteiger partial charge on any atom is -0.491 e. The number of nitrogens with zero attached hydrogens (tertiary/aromatic N) is 3. The van der Waals surface area contributed by atoms with Gasteiger partial charge in [-0.2, -0.15) is 5.10 Å². The van der Waals surface area contributed by atoms with Crippen molar-refractivity contribution in [1.82, 2.24) is 14.3 Å². The van der Waals surface area contributed by atoms with E-state index in [2.05, 4.69) is 20.8 Å². The first kappa shape index (κ1) is 29.4. The van der Waals surface area contributed by atoms with Crippen LogP contribution in [0.3, 0.4) is 0 Å². The van der Waals surface area contributed by atoms with Crippen LogP contribution in [0.25, 0.3) is 22.3 Å². The second-order valence-electron chi connectivity index (χ2n) is 11.4. The molecule has 0 aliphatic carbocycles. The Morgan fingerprint density at radius 3 is 2.50 bits per heavy atom. The fraction of sp³-hybridized carbons (Fsp3) is 0.548. The Kier molecular flexibility index (Phi) is 9.32. The maximum atomic E-state index is 12.9. The van der Waals surface area contributed by atoms with Gasteiger partial charge >= 0.3 is 11.9 Å². The molecule has 0 unspecified atom stereocenters. The number of hydrogen-bond donors (Lipinski definition) is 0. The van der Waals surface area contributed by atoms with Gasteiger partial charge in [0.1, 0.15) is 16.8 Å². The summed E-state index contributed by atoms with van der Waals surface area (Å²) in [5.41, 5.74) is 1.83. The molecule has 0 saturated carbocycles. The number of fused-ring (bicyclic) bond motifs is 5. The summed E-state index contributed by atoms with van der Waals surface area (Å²) in [6, 6.07) is 7.38. The van der Waals surface area contributed by atoms with E-state index in [1.54, 1.807) is 6.20 Å². The maximum absolute atomic E-state index is 12.9. The van der Waals surface area contributed by atoms with E-state index in [9.17, 15) is 14.4 Å². The fourth-order valence-electron chi connectivity index (χ4n) is 5.34. The number of hydrogen-bond acceptors (Lipinski definition) is 7. The molecule has 216 valence electrons. The van der Waals surface area contributed by atoms with Gasteiger partial charge in [0.05, 0.1) is 44.3 Å². The molecule has 3 heterocycles. The Balaban J connectivity index is 1.48. The van der Waals surface area contributed by atoms with Crippen molar-refractivity contribution in [2.75, 3.05) is 20.3 Å². The number of pyridine rings is 1. The first-order chi connectivity index (χ1) is 19.2. The number of esters is 2. The summed E-state index contributed by atoms with van der Waals surface area (Å²) in [5, 5.41) is 5.85.